The number of fused-ring (bicyclic) bond motifs is 1. The number of carbonyl (C=O) groups excluding carboxylic acids is 1. The van der Waals surface area contributed by atoms with Gasteiger partial charge in [0.2, 0.25) is 11.8 Å². The maximum Gasteiger partial charge on any atom is 0.241 e. The largest absolute Gasteiger partial charge is 0.478 e. The molecule has 2 N–H and O–H groups in total. The summed E-state index contributed by atoms with van der Waals surface area (Å²) in [6.07, 6.45) is 14.0. The molecule has 1 aromatic heterocycles. The lowest BCUT2D eigenvalue weighted by atomic mass is 10.1. The summed E-state index contributed by atoms with van der Waals surface area (Å²) in [4.78, 5) is 15.1. The van der Waals surface area contributed by atoms with E-state index in [4.69, 9.17) is 22.1 Å². The first-order chi connectivity index (χ1) is 13.0. The fourth-order valence-electron chi connectivity index (χ4n) is 2.78. The van der Waals surface area contributed by atoms with Crippen molar-refractivity contribution in [2.45, 2.75) is 45.4 Å². The summed E-state index contributed by atoms with van der Waals surface area (Å²) in [6, 6.07) is 7.67. The van der Waals surface area contributed by atoms with Gasteiger partial charge in [-0.05, 0) is 49.3 Å². The summed E-state index contributed by atoms with van der Waals surface area (Å²) in [5, 5.41) is 2.82. The molecule has 0 saturated heterocycles. The number of carbonyl (C=O) groups is 1. The maximum atomic E-state index is 10.7. The van der Waals surface area contributed by atoms with Gasteiger partial charge in [-0.25, -0.2) is 4.98 Å². The number of rotatable bonds is 11. The minimum atomic E-state index is -0.401. The molecule has 2 rings (SSSR count). The third-order valence-electron chi connectivity index (χ3n) is 4.17. The molecule has 5 heteroatoms. The molecule has 0 aliphatic rings. The van der Waals surface area contributed by atoms with Gasteiger partial charge in [0.1, 0.15) is 0 Å². The Labute approximate surface area is 166 Å². The van der Waals surface area contributed by atoms with E-state index in [1.165, 1.54) is 18.9 Å². The topological polar surface area (TPSA) is 65.2 Å². The molecule has 1 amide bonds. The smallest absolute Gasteiger partial charge is 0.241 e. The van der Waals surface area contributed by atoms with Crippen LogP contribution in [0.2, 0.25) is 5.02 Å². The van der Waals surface area contributed by atoms with Crippen LogP contribution in [0.15, 0.2) is 54.3 Å². The number of benzene rings is 1. The van der Waals surface area contributed by atoms with Gasteiger partial charge in [0.15, 0.2) is 0 Å². The lowest BCUT2D eigenvalue weighted by Gasteiger charge is -2.06. The predicted molar refractivity (Wildman–Crippen MR) is 112 cm³/mol. The number of nitrogens with two attached hydrogens (primary N) is 1. The number of allylic oxidation sites excluding steroid dienone is 3. The lowest BCUT2D eigenvalue weighted by molar-refractivity contribution is -0.113. The number of aromatic nitrogens is 1. The molecule has 0 radical (unpaired) electrons. The molecule has 0 aliphatic carbocycles. The zero-order valence-electron chi connectivity index (χ0n) is 15.8. The van der Waals surface area contributed by atoms with E-state index in [1.54, 1.807) is 0 Å². The highest BCUT2D eigenvalue weighted by Gasteiger charge is 2.00. The normalized spacial score (nSPS) is 12.0. The molecule has 0 atom stereocenters. The fraction of sp³-hybridized carbons (Fsp3) is 0.364. The molecule has 4 nitrogen and oxygen atoms in total. The molecule has 0 bridgehead atoms. The highest BCUT2D eigenvalue weighted by Crippen LogP contribution is 2.22. The van der Waals surface area contributed by atoms with E-state index in [1.807, 2.05) is 43.5 Å². The number of nitrogens with zero attached hydrogens (tertiary/aromatic N) is 1. The second kappa shape index (κ2) is 11.4. The van der Waals surface area contributed by atoms with Crippen LogP contribution in [0.4, 0.5) is 0 Å². The Balaban J connectivity index is 1.56. The highest BCUT2D eigenvalue weighted by molar-refractivity contribution is 6.31. The highest BCUT2D eigenvalue weighted by atomic mass is 35.5. The molecule has 0 spiro atoms. The lowest BCUT2D eigenvalue weighted by Crippen LogP contribution is -2.06. The van der Waals surface area contributed by atoms with Crippen LogP contribution in [0.5, 0.6) is 5.88 Å². The summed E-state index contributed by atoms with van der Waals surface area (Å²) in [5.74, 6) is 0.247. The summed E-state index contributed by atoms with van der Waals surface area (Å²) in [7, 11) is 0. The van der Waals surface area contributed by atoms with Crippen molar-refractivity contribution in [3.8, 4) is 5.88 Å². The first kappa shape index (κ1) is 21.0. The second-order valence-electron chi connectivity index (χ2n) is 6.61. The van der Waals surface area contributed by atoms with Crippen molar-refractivity contribution in [3.63, 3.8) is 0 Å². The van der Waals surface area contributed by atoms with E-state index < -0.39 is 5.91 Å². The average Bonchev–Trinajstić information content (AvgIpc) is 2.62. The molecule has 0 unspecified atom stereocenters. The van der Waals surface area contributed by atoms with Crippen molar-refractivity contribution in [2.75, 3.05) is 6.61 Å². The summed E-state index contributed by atoms with van der Waals surface area (Å²) in [5.41, 5.74) is 5.99. The van der Waals surface area contributed by atoms with E-state index in [2.05, 4.69) is 11.1 Å². The summed E-state index contributed by atoms with van der Waals surface area (Å²) < 4.78 is 5.75. The summed E-state index contributed by atoms with van der Waals surface area (Å²) in [6.45, 7) is 2.55. The Hall–Kier alpha value is -2.33. The number of halogens is 1. The van der Waals surface area contributed by atoms with Crippen molar-refractivity contribution in [3.05, 3.63) is 59.3 Å². The third-order valence-corrected chi connectivity index (χ3v) is 4.41. The Morgan fingerprint density at radius 2 is 1.93 bits per heavy atom. The van der Waals surface area contributed by atoms with Crippen molar-refractivity contribution in [1.29, 1.82) is 0 Å². The number of unbranched alkanes of at least 4 members (excludes halogenated alkanes) is 5. The van der Waals surface area contributed by atoms with Gasteiger partial charge >= 0.3 is 0 Å². The standard InChI is InChI=1S/C22H27ClN2O2/c1-17(13-21(24)26)9-7-5-3-2-4-6-8-12-27-22-15-19-14-20(23)11-10-18(19)16-25-22/h7,9-11,13-16H,2-6,8,12H2,1H3,(H2,24,26)/b9-7+,17-13+. The van der Waals surface area contributed by atoms with E-state index in [0.29, 0.717) is 17.5 Å². The quantitative estimate of drug-likeness (QED) is 0.310. The first-order valence-electron chi connectivity index (χ1n) is 9.37. The average molecular weight is 387 g/mol. The molecule has 2 aromatic rings. The van der Waals surface area contributed by atoms with Gasteiger partial charge in [-0.3, -0.25) is 4.79 Å². The Morgan fingerprint density at radius 1 is 1.15 bits per heavy atom. The molecular weight excluding hydrogens is 360 g/mol. The Kier molecular flexibility index (Phi) is 8.85. The predicted octanol–water partition coefficient (Wildman–Crippen LogP) is 5.60. The van der Waals surface area contributed by atoms with Crippen LogP contribution in [0, 0.1) is 0 Å². The molecule has 0 aliphatic heterocycles. The van der Waals surface area contributed by atoms with Crippen molar-refractivity contribution >= 4 is 28.3 Å². The van der Waals surface area contributed by atoms with Crippen LogP contribution in [-0.2, 0) is 4.79 Å². The number of amides is 1. The molecule has 0 fully saturated rings. The Bertz CT molecular complexity index is 815. The van der Waals surface area contributed by atoms with Gasteiger partial charge in [-0.1, -0.05) is 49.1 Å². The van der Waals surface area contributed by atoms with Gasteiger partial charge in [0.25, 0.3) is 0 Å². The maximum absolute atomic E-state index is 10.7. The molecule has 1 aromatic carbocycles. The number of pyridine rings is 1. The minimum Gasteiger partial charge on any atom is -0.478 e. The number of hydrogen-bond donors (Lipinski definition) is 1. The van der Waals surface area contributed by atoms with Crippen molar-refractivity contribution < 1.29 is 9.53 Å². The van der Waals surface area contributed by atoms with Crippen LogP contribution >= 0.6 is 11.6 Å². The van der Waals surface area contributed by atoms with E-state index in [9.17, 15) is 4.79 Å². The van der Waals surface area contributed by atoms with Crippen LogP contribution in [0.25, 0.3) is 10.8 Å². The van der Waals surface area contributed by atoms with Gasteiger partial charge in [-0.2, -0.15) is 0 Å². The molecule has 144 valence electrons. The zero-order chi connectivity index (χ0) is 19.5. The van der Waals surface area contributed by atoms with Gasteiger partial charge in [-0.15, -0.1) is 0 Å². The molecule has 1 heterocycles. The molecule has 27 heavy (non-hydrogen) atoms. The van der Waals surface area contributed by atoms with Gasteiger partial charge < -0.3 is 10.5 Å². The number of primary amides is 1. The molecule has 0 saturated carbocycles. The van der Waals surface area contributed by atoms with Crippen molar-refractivity contribution in [1.82, 2.24) is 4.98 Å². The monoisotopic (exact) mass is 386 g/mol. The van der Waals surface area contributed by atoms with Crippen LogP contribution in [0.3, 0.4) is 0 Å². The van der Waals surface area contributed by atoms with E-state index in [-0.39, 0.29) is 0 Å². The fourth-order valence-corrected chi connectivity index (χ4v) is 2.96. The first-order valence-corrected chi connectivity index (χ1v) is 9.75. The number of ether oxygens (including phenoxy) is 1. The second-order valence-corrected chi connectivity index (χ2v) is 7.05. The Morgan fingerprint density at radius 3 is 2.74 bits per heavy atom. The van der Waals surface area contributed by atoms with Crippen molar-refractivity contribution in [2.24, 2.45) is 5.73 Å². The van der Waals surface area contributed by atoms with Gasteiger partial charge in [0, 0.05) is 28.7 Å². The van der Waals surface area contributed by atoms with Gasteiger partial charge in [0.05, 0.1) is 6.61 Å². The minimum absolute atomic E-state index is 0.401. The van der Waals surface area contributed by atoms with E-state index in [0.717, 1.165) is 42.0 Å². The SMILES string of the molecule is CC(/C=C/CCCCCCCOc1cc2cc(Cl)ccc2cn1)=C\C(N)=O. The number of hydrogen-bond acceptors (Lipinski definition) is 3. The van der Waals surface area contributed by atoms with E-state index >= 15 is 0 Å². The third kappa shape index (κ3) is 8.27. The molecular formula is C22H27ClN2O2. The van der Waals surface area contributed by atoms with Crippen LogP contribution in [-0.4, -0.2) is 17.5 Å². The zero-order valence-corrected chi connectivity index (χ0v) is 16.5. The van der Waals surface area contributed by atoms with Crippen LogP contribution in [0.1, 0.15) is 45.4 Å². The summed E-state index contributed by atoms with van der Waals surface area (Å²) >= 11 is 6.03. The van der Waals surface area contributed by atoms with Crippen LogP contribution < -0.4 is 10.5 Å².